The van der Waals surface area contributed by atoms with Crippen LogP contribution in [0.1, 0.15) is 30.7 Å². The fourth-order valence-corrected chi connectivity index (χ4v) is 5.23. The predicted octanol–water partition coefficient (Wildman–Crippen LogP) is 10.7. The van der Waals surface area contributed by atoms with E-state index in [1.807, 2.05) is 62.4 Å². The maximum absolute atomic E-state index is 6.19. The molecule has 1 aromatic heterocycles. The molecule has 0 radical (unpaired) electrons. The monoisotopic (exact) mass is 536 g/mol. The average molecular weight is 537 g/mol. The molecule has 0 saturated carbocycles. The Kier molecular flexibility index (Phi) is 8.36. The molecule has 0 fully saturated rings. The Balaban J connectivity index is 0.000000794. The van der Waals surface area contributed by atoms with E-state index < -0.39 is 0 Å². The van der Waals surface area contributed by atoms with Crippen LogP contribution in [0.15, 0.2) is 140 Å². The first-order valence-electron chi connectivity index (χ1n) is 14.0. The highest BCUT2D eigenvalue weighted by molar-refractivity contribution is 5.92. The van der Waals surface area contributed by atoms with Crippen LogP contribution < -0.4 is 9.64 Å². The third-order valence-corrected chi connectivity index (χ3v) is 7.26. The van der Waals surface area contributed by atoms with E-state index in [1.165, 1.54) is 33.4 Å². The number of aromatic nitrogens is 1. The van der Waals surface area contributed by atoms with Gasteiger partial charge in [-0.05, 0) is 87.0 Å². The molecular weight excluding hydrogens is 500 g/mol. The zero-order valence-corrected chi connectivity index (χ0v) is 24.0. The van der Waals surface area contributed by atoms with E-state index in [9.17, 15) is 0 Å². The number of benzene rings is 4. The fraction of sp³-hybridized carbons (Fsp3) is 0.105. The lowest BCUT2D eigenvalue weighted by Crippen LogP contribution is -2.10. The average Bonchev–Trinajstić information content (AvgIpc) is 3.49. The zero-order valence-electron chi connectivity index (χ0n) is 24.0. The molecule has 0 unspecified atom stereocenters. The lowest BCUT2D eigenvalue weighted by Gasteiger charge is -2.21. The molecule has 1 aliphatic rings. The molecule has 4 aromatic carbocycles. The Morgan fingerprint density at radius 2 is 1.37 bits per heavy atom. The number of allylic oxidation sites excluding steroid dienone is 5. The van der Waals surface area contributed by atoms with Crippen molar-refractivity contribution in [2.24, 2.45) is 0 Å². The number of hydrogen-bond acceptors (Lipinski definition) is 2. The molecule has 0 aliphatic carbocycles. The number of hydrogen-bond donors (Lipinski definition) is 0. The summed E-state index contributed by atoms with van der Waals surface area (Å²) >= 11 is 0. The van der Waals surface area contributed by atoms with Crippen LogP contribution >= 0.6 is 0 Å². The van der Waals surface area contributed by atoms with E-state index in [0.717, 1.165) is 35.0 Å². The number of nitrogens with zero attached hydrogens (tertiary/aromatic N) is 2. The van der Waals surface area contributed by atoms with Crippen molar-refractivity contribution in [1.82, 2.24) is 4.57 Å². The van der Waals surface area contributed by atoms with Gasteiger partial charge < -0.3 is 14.2 Å². The molecule has 1 aliphatic heterocycles. The molecule has 0 atom stereocenters. The van der Waals surface area contributed by atoms with Crippen LogP contribution in [0.5, 0.6) is 11.5 Å². The van der Waals surface area contributed by atoms with Gasteiger partial charge in [0.15, 0.2) is 0 Å². The van der Waals surface area contributed by atoms with Crippen LogP contribution in [0.3, 0.4) is 0 Å². The van der Waals surface area contributed by atoms with Gasteiger partial charge in [-0.15, -0.1) is 0 Å². The van der Waals surface area contributed by atoms with Gasteiger partial charge in [0.1, 0.15) is 11.5 Å². The minimum absolute atomic E-state index is 0.799. The van der Waals surface area contributed by atoms with Gasteiger partial charge in [-0.1, -0.05) is 79.9 Å². The Bertz CT molecular complexity index is 1730. The molecule has 0 N–H and O–H groups in total. The highest BCUT2D eigenvalue weighted by atomic mass is 16.5. The van der Waals surface area contributed by atoms with Crippen LogP contribution in [0.4, 0.5) is 11.4 Å². The van der Waals surface area contributed by atoms with E-state index >= 15 is 0 Å². The number of anilines is 2. The first-order chi connectivity index (χ1) is 20.0. The second-order valence-electron chi connectivity index (χ2n) is 9.91. The quantitative estimate of drug-likeness (QED) is 0.159. The summed E-state index contributed by atoms with van der Waals surface area (Å²) in [6.07, 6.45) is 10.8. The molecule has 0 bridgehead atoms. The predicted molar refractivity (Wildman–Crippen MR) is 176 cm³/mol. The maximum atomic E-state index is 6.19. The Hall–Kier alpha value is -5.02. The van der Waals surface area contributed by atoms with Crippen molar-refractivity contribution >= 4 is 28.4 Å². The van der Waals surface area contributed by atoms with E-state index in [1.54, 1.807) is 0 Å². The third-order valence-electron chi connectivity index (χ3n) is 7.26. The summed E-state index contributed by atoms with van der Waals surface area (Å²) in [6, 6.07) is 33.4. The van der Waals surface area contributed by atoms with Crippen molar-refractivity contribution in [3.05, 3.63) is 157 Å². The third kappa shape index (κ3) is 5.66. The highest BCUT2D eigenvalue weighted by Crippen LogP contribution is 2.40. The molecular formula is C38H36N2O. The van der Waals surface area contributed by atoms with Gasteiger partial charge in [0, 0.05) is 45.8 Å². The number of para-hydroxylation sites is 2. The van der Waals surface area contributed by atoms with Crippen LogP contribution in [0.25, 0.3) is 22.7 Å². The van der Waals surface area contributed by atoms with Crippen molar-refractivity contribution in [3.8, 4) is 17.2 Å². The molecule has 3 nitrogen and oxygen atoms in total. The summed E-state index contributed by atoms with van der Waals surface area (Å²) in [4.78, 5) is 2.22. The SMILES string of the molecule is C/C=C\C.C=C/C=C\c1c(C)n(-c2ccc(Oc3ccc(N4C(=C)Cc5ccccc54)cc3)cc2)c2ccccc12. The van der Waals surface area contributed by atoms with Gasteiger partial charge in [0.2, 0.25) is 0 Å². The Labute approximate surface area is 243 Å². The summed E-state index contributed by atoms with van der Waals surface area (Å²) in [5.74, 6) is 1.60. The smallest absolute Gasteiger partial charge is 0.127 e. The number of fused-ring (bicyclic) bond motifs is 2. The molecule has 5 aromatic rings. The topological polar surface area (TPSA) is 17.4 Å². The van der Waals surface area contributed by atoms with E-state index in [-0.39, 0.29) is 0 Å². The van der Waals surface area contributed by atoms with Gasteiger partial charge in [-0.3, -0.25) is 0 Å². The van der Waals surface area contributed by atoms with Crippen molar-refractivity contribution < 1.29 is 4.74 Å². The summed E-state index contributed by atoms with van der Waals surface area (Å²) in [5, 5.41) is 1.22. The van der Waals surface area contributed by atoms with Crippen LogP contribution in [0.2, 0.25) is 0 Å². The summed E-state index contributed by atoms with van der Waals surface area (Å²) in [5.41, 5.74) is 9.36. The second kappa shape index (κ2) is 12.4. The Morgan fingerprint density at radius 1 is 0.756 bits per heavy atom. The van der Waals surface area contributed by atoms with E-state index in [0.29, 0.717) is 0 Å². The zero-order chi connectivity index (χ0) is 28.8. The minimum Gasteiger partial charge on any atom is -0.457 e. The molecule has 204 valence electrons. The van der Waals surface area contributed by atoms with Crippen molar-refractivity contribution in [2.75, 3.05) is 4.90 Å². The van der Waals surface area contributed by atoms with Gasteiger partial charge in [-0.2, -0.15) is 0 Å². The van der Waals surface area contributed by atoms with Crippen molar-refractivity contribution in [1.29, 1.82) is 0 Å². The molecule has 0 amide bonds. The van der Waals surface area contributed by atoms with Crippen molar-refractivity contribution in [2.45, 2.75) is 27.2 Å². The van der Waals surface area contributed by atoms with Gasteiger partial charge in [0.25, 0.3) is 0 Å². The summed E-state index contributed by atoms with van der Waals surface area (Å²) < 4.78 is 8.48. The lowest BCUT2D eigenvalue weighted by atomic mass is 10.1. The van der Waals surface area contributed by atoms with E-state index in [4.69, 9.17) is 4.74 Å². The van der Waals surface area contributed by atoms with Gasteiger partial charge in [-0.25, -0.2) is 0 Å². The van der Waals surface area contributed by atoms with E-state index in [2.05, 4.69) is 108 Å². The van der Waals surface area contributed by atoms with Gasteiger partial charge >= 0.3 is 0 Å². The lowest BCUT2D eigenvalue weighted by molar-refractivity contribution is 0.482. The normalized spacial score (nSPS) is 12.6. The van der Waals surface area contributed by atoms with Gasteiger partial charge in [0.05, 0.1) is 5.52 Å². The molecule has 2 heterocycles. The minimum atomic E-state index is 0.799. The molecule has 0 spiro atoms. The summed E-state index contributed by atoms with van der Waals surface area (Å²) in [6.45, 7) is 14.2. The second-order valence-corrected chi connectivity index (χ2v) is 9.91. The highest BCUT2D eigenvalue weighted by Gasteiger charge is 2.23. The van der Waals surface area contributed by atoms with Crippen LogP contribution in [-0.2, 0) is 6.42 Å². The van der Waals surface area contributed by atoms with Crippen molar-refractivity contribution in [3.63, 3.8) is 0 Å². The van der Waals surface area contributed by atoms with Crippen LogP contribution in [-0.4, -0.2) is 4.57 Å². The molecule has 6 rings (SSSR count). The first kappa shape index (κ1) is 27.5. The first-order valence-corrected chi connectivity index (χ1v) is 14.0. The molecule has 0 saturated heterocycles. The standard InChI is InChI=1S/C34H28N2O.C4H8/c1-4-5-11-31-25(3)36(34-14-9-7-12-32(31)34)28-17-21-30(22-18-28)37-29-19-15-27(16-20-29)35-24(2)23-26-10-6-8-13-33(26)35;1-3-4-2/h4-22H,1-2,23H2,3H3;3-4H,1-2H3/b11-5-;4-3-. The largest absolute Gasteiger partial charge is 0.457 e. The Morgan fingerprint density at radius 3 is 2.02 bits per heavy atom. The molecule has 3 heteroatoms. The molecule has 41 heavy (non-hydrogen) atoms. The maximum Gasteiger partial charge on any atom is 0.127 e. The summed E-state index contributed by atoms with van der Waals surface area (Å²) in [7, 11) is 0. The number of ether oxygens (including phenoxy) is 1. The number of rotatable bonds is 6. The van der Waals surface area contributed by atoms with Crippen LogP contribution in [0, 0.1) is 6.92 Å². The fourth-order valence-electron chi connectivity index (χ4n) is 5.23.